The van der Waals surface area contributed by atoms with E-state index < -0.39 is 11.8 Å². The number of alkyl halides is 3. The average molecular weight is 330 g/mol. The summed E-state index contributed by atoms with van der Waals surface area (Å²) in [6, 6.07) is 11.0. The number of halogens is 4. The summed E-state index contributed by atoms with van der Waals surface area (Å²) in [4.78, 5) is 1.76. The molecule has 0 amide bonds. The zero-order valence-electron chi connectivity index (χ0n) is 12.0. The monoisotopic (exact) mass is 329 g/mol. The van der Waals surface area contributed by atoms with E-state index in [4.69, 9.17) is 11.6 Å². The lowest BCUT2D eigenvalue weighted by molar-refractivity contribution is -0.248. The summed E-state index contributed by atoms with van der Waals surface area (Å²) in [6.45, 7) is 0. The first-order valence-corrected chi connectivity index (χ1v) is 6.87. The molecule has 0 aliphatic heterocycles. The predicted molar refractivity (Wildman–Crippen MR) is 81.3 cm³/mol. The fourth-order valence-electron chi connectivity index (χ4n) is 2.23. The lowest BCUT2D eigenvalue weighted by Crippen LogP contribution is -2.43. The number of anilines is 1. The Hall–Kier alpha value is -1.72. The molecule has 0 fully saturated rings. The van der Waals surface area contributed by atoms with Crippen molar-refractivity contribution in [3.8, 4) is 0 Å². The van der Waals surface area contributed by atoms with Gasteiger partial charge in [0.05, 0.1) is 0 Å². The largest absolute Gasteiger partial charge is 0.425 e. The molecular formula is C16H15ClF3NO. The van der Waals surface area contributed by atoms with Gasteiger partial charge in [0.1, 0.15) is 0 Å². The van der Waals surface area contributed by atoms with Crippen molar-refractivity contribution in [1.82, 2.24) is 0 Å². The third-order valence-corrected chi connectivity index (χ3v) is 3.80. The van der Waals surface area contributed by atoms with Gasteiger partial charge in [0.2, 0.25) is 5.60 Å². The highest BCUT2D eigenvalue weighted by Crippen LogP contribution is 2.46. The first kappa shape index (κ1) is 16.6. The molecule has 1 N–H and O–H groups in total. The Balaban J connectivity index is 2.63. The summed E-state index contributed by atoms with van der Waals surface area (Å²) in [6.07, 6.45) is -4.91. The van der Waals surface area contributed by atoms with Crippen molar-refractivity contribution in [2.75, 3.05) is 19.0 Å². The van der Waals surface area contributed by atoms with Crippen LogP contribution in [0.25, 0.3) is 0 Å². The van der Waals surface area contributed by atoms with Crippen LogP contribution in [0.15, 0.2) is 48.5 Å². The Bertz CT molecular complexity index is 655. The average Bonchev–Trinajstić information content (AvgIpc) is 2.46. The van der Waals surface area contributed by atoms with Crippen molar-refractivity contribution in [1.29, 1.82) is 0 Å². The molecule has 2 nitrogen and oxygen atoms in total. The molecule has 118 valence electrons. The van der Waals surface area contributed by atoms with Gasteiger partial charge in [0, 0.05) is 30.4 Å². The molecule has 2 aromatic carbocycles. The molecule has 0 aromatic heterocycles. The Morgan fingerprint density at radius 3 is 1.95 bits per heavy atom. The number of nitrogens with zero attached hydrogens (tertiary/aromatic N) is 1. The van der Waals surface area contributed by atoms with E-state index in [9.17, 15) is 18.3 Å². The van der Waals surface area contributed by atoms with Crippen LogP contribution < -0.4 is 4.90 Å². The van der Waals surface area contributed by atoms with Crippen molar-refractivity contribution in [2.24, 2.45) is 0 Å². The number of aliphatic hydroxyl groups is 1. The zero-order valence-corrected chi connectivity index (χ0v) is 12.8. The van der Waals surface area contributed by atoms with Gasteiger partial charge in [-0.1, -0.05) is 41.9 Å². The number of hydrogen-bond donors (Lipinski definition) is 1. The van der Waals surface area contributed by atoms with Gasteiger partial charge in [-0.3, -0.25) is 0 Å². The molecule has 0 radical (unpaired) electrons. The van der Waals surface area contributed by atoms with E-state index >= 15 is 0 Å². The standard InChI is InChI=1S/C16H15ClF3NO/c1-21(2)12-9-7-11(8-10-12)15(22,16(18,19)20)13-5-3-4-6-14(13)17/h3-10,22H,1-2H3. The van der Waals surface area contributed by atoms with Gasteiger partial charge in [-0.15, -0.1) is 0 Å². The van der Waals surface area contributed by atoms with Crippen LogP contribution in [0.4, 0.5) is 18.9 Å². The van der Waals surface area contributed by atoms with Crippen LogP contribution in [-0.2, 0) is 5.60 Å². The van der Waals surface area contributed by atoms with Gasteiger partial charge in [-0.05, 0) is 23.8 Å². The maximum Gasteiger partial charge on any atom is 0.425 e. The van der Waals surface area contributed by atoms with Gasteiger partial charge in [0.25, 0.3) is 0 Å². The topological polar surface area (TPSA) is 23.5 Å². The van der Waals surface area contributed by atoms with E-state index in [1.807, 2.05) is 0 Å². The molecule has 0 saturated heterocycles. The van der Waals surface area contributed by atoms with Crippen molar-refractivity contribution >= 4 is 17.3 Å². The van der Waals surface area contributed by atoms with Crippen LogP contribution in [0.3, 0.4) is 0 Å². The molecule has 22 heavy (non-hydrogen) atoms. The molecule has 1 unspecified atom stereocenters. The smallest absolute Gasteiger partial charge is 0.378 e. The maximum absolute atomic E-state index is 13.6. The molecule has 0 spiro atoms. The number of rotatable bonds is 3. The molecule has 0 aliphatic carbocycles. The second-order valence-corrected chi connectivity index (χ2v) is 5.54. The lowest BCUT2D eigenvalue weighted by Gasteiger charge is -2.32. The number of hydrogen-bond acceptors (Lipinski definition) is 2. The van der Waals surface area contributed by atoms with Gasteiger partial charge in [0.15, 0.2) is 0 Å². The molecule has 0 aliphatic rings. The summed E-state index contributed by atoms with van der Waals surface area (Å²) in [5.74, 6) is 0. The highest BCUT2D eigenvalue weighted by Gasteiger charge is 2.57. The third-order valence-electron chi connectivity index (χ3n) is 3.48. The van der Waals surface area contributed by atoms with Crippen LogP contribution >= 0.6 is 11.6 Å². The number of benzene rings is 2. The molecule has 1 atom stereocenters. The summed E-state index contributed by atoms with van der Waals surface area (Å²) < 4.78 is 40.8. The molecule has 0 bridgehead atoms. The van der Waals surface area contributed by atoms with E-state index in [1.165, 1.54) is 48.5 Å². The quantitative estimate of drug-likeness (QED) is 0.912. The molecule has 0 heterocycles. The summed E-state index contributed by atoms with van der Waals surface area (Å²) in [5.41, 5.74) is -3.09. The van der Waals surface area contributed by atoms with Crippen molar-refractivity contribution < 1.29 is 18.3 Å². The van der Waals surface area contributed by atoms with Gasteiger partial charge < -0.3 is 10.0 Å². The minimum absolute atomic E-state index is 0.140. The van der Waals surface area contributed by atoms with Gasteiger partial charge >= 0.3 is 6.18 Å². The summed E-state index contributed by atoms with van der Waals surface area (Å²) in [7, 11) is 3.55. The normalized spacial score (nSPS) is 14.5. The van der Waals surface area contributed by atoms with Gasteiger partial charge in [-0.25, -0.2) is 0 Å². The Morgan fingerprint density at radius 1 is 0.955 bits per heavy atom. The lowest BCUT2D eigenvalue weighted by atomic mass is 9.85. The van der Waals surface area contributed by atoms with Crippen molar-refractivity contribution in [2.45, 2.75) is 11.8 Å². The second kappa shape index (κ2) is 5.82. The Morgan fingerprint density at radius 2 is 1.50 bits per heavy atom. The van der Waals surface area contributed by atoms with Crippen molar-refractivity contribution in [3.63, 3.8) is 0 Å². The fourth-order valence-corrected chi connectivity index (χ4v) is 2.50. The third kappa shape index (κ3) is 2.78. The summed E-state index contributed by atoms with van der Waals surface area (Å²) in [5, 5.41) is 10.3. The predicted octanol–water partition coefficient (Wildman–Crippen LogP) is 4.20. The van der Waals surface area contributed by atoms with E-state index in [0.717, 1.165) is 5.69 Å². The maximum atomic E-state index is 13.6. The van der Waals surface area contributed by atoms with Crippen LogP contribution in [-0.4, -0.2) is 25.4 Å². The Kier molecular flexibility index (Phi) is 4.40. The highest BCUT2D eigenvalue weighted by atomic mass is 35.5. The fraction of sp³-hybridized carbons (Fsp3) is 0.250. The van der Waals surface area contributed by atoms with Crippen LogP contribution in [0.1, 0.15) is 11.1 Å². The zero-order chi connectivity index (χ0) is 16.5. The van der Waals surface area contributed by atoms with E-state index in [2.05, 4.69) is 0 Å². The first-order valence-electron chi connectivity index (χ1n) is 6.50. The molecule has 2 aromatic rings. The minimum Gasteiger partial charge on any atom is -0.378 e. The molecule has 6 heteroatoms. The second-order valence-electron chi connectivity index (χ2n) is 5.13. The molecular weight excluding hydrogens is 315 g/mol. The molecule has 0 saturated carbocycles. The minimum atomic E-state index is -4.91. The summed E-state index contributed by atoms with van der Waals surface area (Å²) >= 11 is 5.88. The van der Waals surface area contributed by atoms with E-state index in [1.54, 1.807) is 19.0 Å². The van der Waals surface area contributed by atoms with Crippen molar-refractivity contribution in [3.05, 3.63) is 64.7 Å². The van der Waals surface area contributed by atoms with Gasteiger partial charge in [-0.2, -0.15) is 13.2 Å². The van der Waals surface area contributed by atoms with Crippen LogP contribution in [0, 0.1) is 0 Å². The first-order chi connectivity index (χ1) is 10.2. The van der Waals surface area contributed by atoms with E-state index in [-0.39, 0.29) is 16.1 Å². The Labute approximate surface area is 131 Å². The van der Waals surface area contributed by atoms with Crippen LogP contribution in [0.5, 0.6) is 0 Å². The van der Waals surface area contributed by atoms with E-state index in [0.29, 0.717) is 0 Å². The SMILES string of the molecule is CN(C)c1ccc(C(O)(c2ccccc2Cl)C(F)(F)F)cc1. The van der Waals surface area contributed by atoms with Crippen LogP contribution in [0.2, 0.25) is 5.02 Å². The molecule has 2 rings (SSSR count). The highest BCUT2D eigenvalue weighted by molar-refractivity contribution is 6.31.